The molecule has 1 aromatic heterocycles. The maximum absolute atomic E-state index is 14.1. The number of para-hydroxylation sites is 1. The van der Waals surface area contributed by atoms with Crippen molar-refractivity contribution in [3.63, 3.8) is 0 Å². The molecule has 1 saturated heterocycles. The largest absolute Gasteiger partial charge is 0.494 e. The number of anilines is 1. The molecule has 0 aliphatic carbocycles. The van der Waals surface area contributed by atoms with Crippen LogP contribution in [0.2, 0.25) is 0 Å². The molecule has 0 N–H and O–H groups in total. The highest BCUT2D eigenvalue weighted by Crippen LogP contribution is 2.31. The van der Waals surface area contributed by atoms with E-state index in [1.165, 1.54) is 23.7 Å². The average Bonchev–Trinajstić information content (AvgIpc) is 3.15. The summed E-state index contributed by atoms with van der Waals surface area (Å²) in [5.41, 5.74) is 0.275. The van der Waals surface area contributed by atoms with Gasteiger partial charge in [-0.05, 0) is 12.1 Å². The van der Waals surface area contributed by atoms with E-state index >= 15 is 0 Å². The molecule has 152 valence electrons. The van der Waals surface area contributed by atoms with Crippen molar-refractivity contribution < 1.29 is 23.4 Å². The van der Waals surface area contributed by atoms with Gasteiger partial charge in [0.15, 0.2) is 5.13 Å². The van der Waals surface area contributed by atoms with Gasteiger partial charge in [-0.2, -0.15) is 0 Å². The summed E-state index contributed by atoms with van der Waals surface area (Å²) in [5.74, 6) is -0.586. The minimum atomic E-state index is -0.396. The third-order valence-electron chi connectivity index (χ3n) is 4.44. The molecular weight excluding hydrogens is 409 g/mol. The number of carbonyl (C=O) groups is 1. The Bertz CT molecular complexity index is 856. The third-order valence-corrected chi connectivity index (χ3v) is 5.48. The highest BCUT2D eigenvalue weighted by Gasteiger charge is 2.27. The quantitative estimate of drug-likeness (QED) is 0.727. The van der Waals surface area contributed by atoms with Crippen molar-refractivity contribution in [2.45, 2.75) is 0 Å². The maximum Gasteiger partial charge on any atom is 0.298 e. The maximum atomic E-state index is 14.1. The number of morpholine rings is 1. The van der Waals surface area contributed by atoms with Crippen LogP contribution in [0.4, 0.5) is 9.52 Å². The second-order valence-electron chi connectivity index (χ2n) is 6.20. The zero-order valence-corrected chi connectivity index (χ0v) is 16.8. The van der Waals surface area contributed by atoms with Crippen molar-refractivity contribution in [3.8, 4) is 0 Å². The molecule has 7 nitrogen and oxygen atoms in total. The summed E-state index contributed by atoms with van der Waals surface area (Å²) < 4.78 is 30.8. The number of amides is 1. The fourth-order valence-corrected chi connectivity index (χ4v) is 3.99. The second kappa shape index (κ2) is 9.51. The van der Waals surface area contributed by atoms with Crippen LogP contribution in [0.5, 0.6) is 0 Å². The third kappa shape index (κ3) is 4.54. The van der Waals surface area contributed by atoms with E-state index in [0.29, 0.717) is 49.3 Å². The Morgan fingerprint density at radius 2 is 2.07 bits per heavy atom. The van der Waals surface area contributed by atoms with Gasteiger partial charge >= 0.3 is 0 Å². The minimum absolute atomic E-state index is 0. The number of rotatable bonds is 5. The van der Waals surface area contributed by atoms with Gasteiger partial charge in [-0.25, -0.2) is 9.37 Å². The van der Waals surface area contributed by atoms with E-state index in [2.05, 4.69) is 9.88 Å². The van der Waals surface area contributed by atoms with Gasteiger partial charge in [0.25, 0.3) is 5.91 Å². The van der Waals surface area contributed by atoms with Gasteiger partial charge in [0, 0.05) is 26.2 Å². The Balaban J connectivity index is 0.00000225. The number of thiazole rings is 1. The van der Waals surface area contributed by atoms with E-state index in [0.717, 1.165) is 13.1 Å². The molecule has 0 unspecified atom stereocenters. The summed E-state index contributed by atoms with van der Waals surface area (Å²) in [6.07, 6.45) is 1.33. The van der Waals surface area contributed by atoms with Gasteiger partial charge in [0.2, 0.25) is 5.76 Å². The Kier molecular flexibility index (Phi) is 7.06. The van der Waals surface area contributed by atoms with Crippen LogP contribution in [-0.4, -0.2) is 68.4 Å². The Labute approximate surface area is 172 Å². The molecule has 1 aromatic carbocycles. The molecule has 1 amide bonds. The molecule has 3 heterocycles. The number of fused-ring (bicyclic) bond motifs is 1. The van der Waals surface area contributed by atoms with E-state index in [9.17, 15) is 9.18 Å². The second-order valence-corrected chi connectivity index (χ2v) is 7.20. The van der Waals surface area contributed by atoms with E-state index < -0.39 is 5.82 Å². The number of benzene rings is 1. The Hall–Kier alpha value is -1.94. The van der Waals surface area contributed by atoms with E-state index in [-0.39, 0.29) is 29.6 Å². The van der Waals surface area contributed by atoms with Gasteiger partial charge in [-0.15, -0.1) is 12.4 Å². The lowest BCUT2D eigenvalue weighted by Crippen LogP contribution is -2.44. The van der Waals surface area contributed by atoms with Crippen molar-refractivity contribution in [2.75, 3.05) is 57.5 Å². The van der Waals surface area contributed by atoms with E-state index in [1.54, 1.807) is 17.0 Å². The van der Waals surface area contributed by atoms with Gasteiger partial charge in [0.05, 0.1) is 17.9 Å². The molecule has 10 heteroatoms. The lowest BCUT2D eigenvalue weighted by molar-refractivity contribution is -0.119. The van der Waals surface area contributed by atoms with Crippen LogP contribution in [0.3, 0.4) is 0 Å². The number of hydrogen-bond acceptors (Lipinski definition) is 7. The molecule has 1 fully saturated rings. The van der Waals surface area contributed by atoms with Crippen LogP contribution >= 0.6 is 23.7 Å². The zero-order chi connectivity index (χ0) is 18.6. The van der Waals surface area contributed by atoms with Crippen molar-refractivity contribution in [2.24, 2.45) is 0 Å². The molecule has 0 bridgehead atoms. The smallest absolute Gasteiger partial charge is 0.298 e. The zero-order valence-electron chi connectivity index (χ0n) is 15.1. The lowest BCUT2D eigenvalue weighted by atomic mass is 10.3. The average molecular weight is 430 g/mol. The fraction of sp³-hybridized carbons (Fsp3) is 0.444. The van der Waals surface area contributed by atoms with Crippen molar-refractivity contribution in [1.82, 2.24) is 9.88 Å². The minimum Gasteiger partial charge on any atom is -0.494 e. The van der Waals surface area contributed by atoms with E-state index in [1.807, 2.05) is 0 Å². The molecule has 0 spiro atoms. The number of aromatic nitrogens is 1. The normalized spacial score (nSPS) is 17.2. The summed E-state index contributed by atoms with van der Waals surface area (Å²) in [4.78, 5) is 21.2. The van der Waals surface area contributed by atoms with Gasteiger partial charge in [-0.1, -0.05) is 17.4 Å². The summed E-state index contributed by atoms with van der Waals surface area (Å²) in [6, 6.07) is 4.80. The predicted molar refractivity (Wildman–Crippen MR) is 106 cm³/mol. The highest BCUT2D eigenvalue weighted by atomic mass is 35.5. The lowest BCUT2D eigenvalue weighted by Gasteiger charge is -2.29. The van der Waals surface area contributed by atoms with Crippen LogP contribution < -0.4 is 4.90 Å². The molecule has 28 heavy (non-hydrogen) atoms. The first-order chi connectivity index (χ1) is 13.2. The van der Waals surface area contributed by atoms with Crippen LogP contribution in [0.1, 0.15) is 0 Å². The van der Waals surface area contributed by atoms with Crippen molar-refractivity contribution >= 4 is 45.0 Å². The summed E-state index contributed by atoms with van der Waals surface area (Å²) in [7, 11) is 0. The summed E-state index contributed by atoms with van der Waals surface area (Å²) >= 11 is 1.29. The number of carbonyl (C=O) groups excluding carboxylic acids is 1. The molecule has 2 aliphatic rings. The molecule has 0 saturated carbocycles. The van der Waals surface area contributed by atoms with Crippen LogP contribution in [-0.2, 0) is 19.0 Å². The standard InChI is InChI=1S/C18H20FN3O4S.ClH/c19-13-2-1-3-15-16(13)20-18(27-15)22(5-4-21-6-8-24-9-7-21)17(23)14-12-25-10-11-26-14;/h1-3,12H,4-11H2;1H. The molecule has 2 aliphatic heterocycles. The molecule has 2 aromatic rings. The number of hydrogen-bond donors (Lipinski definition) is 0. The summed E-state index contributed by atoms with van der Waals surface area (Å²) in [5, 5.41) is 0.448. The van der Waals surface area contributed by atoms with Crippen LogP contribution in [0.15, 0.2) is 30.2 Å². The Morgan fingerprint density at radius 1 is 1.25 bits per heavy atom. The fourth-order valence-electron chi connectivity index (χ4n) is 2.98. The highest BCUT2D eigenvalue weighted by molar-refractivity contribution is 7.22. The number of halogens is 2. The van der Waals surface area contributed by atoms with Gasteiger partial charge < -0.3 is 14.2 Å². The topological polar surface area (TPSA) is 64.1 Å². The number of ether oxygens (including phenoxy) is 3. The number of nitrogens with zero attached hydrogens (tertiary/aromatic N) is 3. The first-order valence-electron chi connectivity index (χ1n) is 8.84. The monoisotopic (exact) mass is 429 g/mol. The molecule has 0 radical (unpaired) electrons. The summed E-state index contributed by atoms with van der Waals surface area (Å²) in [6.45, 7) is 4.82. The van der Waals surface area contributed by atoms with Gasteiger partial charge in [-0.3, -0.25) is 14.6 Å². The van der Waals surface area contributed by atoms with E-state index in [4.69, 9.17) is 14.2 Å². The predicted octanol–water partition coefficient (Wildman–Crippen LogP) is 2.41. The Morgan fingerprint density at radius 3 is 2.79 bits per heavy atom. The van der Waals surface area contributed by atoms with Crippen molar-refractivity contribution in [1.29, 1.82) is 0 Å². The van der Waals surface area contributed by atoms with Crippen molar-refractivity contribution in [3.05, 3.63) is 36.0 Å². The first kappa shape index (κ1) is 20.8. The van der Waals surface area contributed by atoms with Crippen LogP contribution in [0, 0.1) is 5.82 Å². The van der Waals surface area contributed by atoms with Gasteiger partial charge in [0.1, 0.15) is 30.8 Å². The molecular formula is C18H21ClFN3O4S. The first-order valence-corrected chi connectivity index (χ1v) is 9.65. The molecule has 0 atom stereocenters. The van der Waals surface area contributed by atoms with Crippen LogP contribution in [0.25, 0.3) is 10.2 Å². The molecule has 4 rings (SSSR count). The SMILES string of the molecule is Cl.O=C(C1=COCCO1)N(CCN1CCOCC1)c1nc2c(F)cccc2s1.